The summed E-state index contributed by atoms with van der Waals surface area (Å²) in [4.78, 5) is 10.8. The van der Waals surface area contributed by atoms with Crippen molar-refractivity contribution in [2.24, 2.45) is 0 Å². The van der Waals surface area contributed by atoms with Gasteiger partial charge in [0.05, 0.1) is 6.26 Å². The quantitative estimate of drug-likeness (QED) is 0.811. The second-order valence-corrected chi connectivity index (χ2v) is 4.99. The Morgan fingerprint density at radius 1 is 1.38 bits per heavy atom. The first-order chi connectivity index (χ1) is 7.29. The highest BCUT2D eigenvalue weighted by Crippen LogP contribution is 2.14. The van der Waals surface area contributed by atoms with Crippen LogP contribution in [0.3, 0.4) is 0 Å². The lowest BCUT2D eigenvalue weighted by atomic mass is 10.1. The van der Waals surface area contributed by atoms with Crippen LogP contribution in [0, 0.1) is 5.82 Å². The third-order valence-corrected chi connectivity index (χ3v) is 2.45. The standard InChI is InChI=1S/C9H10FNO4S/c1-16(14,15)11-8(9(12)13)6-2-4-7(10)5-3-6/h2-5,8,11H,1H3,(H,12,13). The van der Waals surface area contributed by atoms with Crippen molar-refractivity contribution in [2.75, 3.05) is 6.26 Å². The number of hydrogen-bond acceptors (Lipinski definition) is 3. The molecule has 0 bridgehead atoms. The van der Waals surface area contributed by atoms with Crippen molar-refractivity contribution >= 4 is 16.0 Å². The zero-order chi connectivity index (χ0) is 12.3. The van der Waals surface area contributed by atoms with Crippen LogP contribution in [0.15, 0.2) is 24.3 Å². The van der Waals surface area contributed by atoms with E-state index >= 15 is 0 Å². The molecule has 0 fully saturated rings. The van der Waals surface area contributed by atoms with Gasteiger partial charge in [-0.15, -0.1) is 0 Å². The largest absolute Gasteiger partial charge is 0.480 e. The number of carboxylic acid groups (broad SMARTS) is 1. The van der Waals surface area contributed by atoms with Gasteiger partial charge in [0.1, 0.15) is 11.9 Å². The number of benzene rings is 1. The van der Waals surface area contributed by atoms with Crippen LogP contribution in [0.1, 0.15) is 11.6 Å². The minimum absolute atomic E-state index is 0.166. The van der Waals surface area contributed by atoms with E-state index < -0.39 is 27.9 Å². The van der Waals surface area contributed by atoms with Crippen LogP contribution in [0.5, 0.6) is 0 Å². The molecule has 0 aliphatic carbocycles. The summed E-state index contributed by atoms with van der Waals surface area (Å²) in [6.45, 7) is 0. The van der Waals surface area contributed by atoms with Crippen molar-refractivity contribution in [2.45, 2.75) is 6.04 Å². The molecule has 0 aromatic heterocycles. The molecule has 1 aromatic rings. The summed E-state index contributed by atoms with van der Waals surface area (Å²) in [5.41, 5.74) is 0.166. The smallest absolute Gasteiger partial charge is 0.326 e. The van der Waals surface area contributed by atoms with Crippen LogP contribution in [0.4, 0.5) is 4.39 Å². The molecule has 16 heavy (non-hydrogen) atoms. The fraction of sp³-hybridized carbons (Fsp3) is 0.222. The topological polar surface area (TPSA) is 83.5 Å². The predicted molar refractivity (Wildman–Crippen MR) is 54.8 cm³/mol. The molecule has 7 heteroatoms. The molecule has 0 aliphatic rings. The van der Waals surface area contributed by atoms with E-state index in [1.54, 1.807) is 0 Å². The maximum absolute atomic E-state index is 12.6. The summed E-state index contributed by atoms with van der Waals surface area (Å²) < 4.78 is 36.4. The van der Waals surface area contributed by atoms with Gasteiger partial charge in [-0.25, -0.2) is 12.8 Å². The lowest BCUT2D eigenvalue weighted by Gasteiger charge is -2.12. The molecule has 88 valence electrons. The van der Waals surface area contributed by atoms with Gasteiger partial charge >= 0.3 is 5.97 Å². The first-order valence-corrected chi connectivity index (χ1v) is 6.14. The highest BCUT2D eigenvalue weighted by molar-refractivity contribution is 7.88. The molecule has 0 aliphatic heterocycles. The molecule has 1 atom stereocenters. The Balaban J connectivity index is 3.03. The normalized spacial score (nSPS) is 13.4. The van der Waals surface area contributed by atoms with Crippen molar-refractivity contribution in [1.29, 1.82) is 0 Å². The van der Waals surface area contributed by atoms with E-state index in [0.717, 1.165) is 18.4 Å². The summed E-state index contributed by atoms with van der Waals surface area (Å²) in [5.74, 6) is -1.87. The van der Waals surface area contributed by atoms with Gasteiger partial charge in [-0.2, -0.15) is 4.72 Å². The Morgan fingerprint density at radius 2 is 1.88 bits per heavy atom. The third-order valence-electron chi connectivity index (χ3n) is 1.78. The zero-order valence-corrected chi connectivity index (χ0v) is 9.16. The van der Waals surface area contributed by atoms with Crippen molar-refractivity contribution in [3.63, 3.8) is 0 Å². The summed E-state index contributed by atoms with van der Waals surface area (Å²) in [5, 5.41) is 8.84. The number of nitrogens with one attached hydrogen (secondary N) is 1. The molecule has 1 rings (SSSR count). The number of aliphatic carboxylic acids is 1. The van der Waals surface area contributed by atoms with Gasteiger partial charge in [0.25, 0.3) is 0 Å². The van der Waals surface area contributed by atoms with Gasteiger partial charge in [-0.1, -0.05) is 12.1 Å². The average Bonchev–Trinajstić information content (AvgIpc) is 2.14. The lowest BCUT2D eigenvalue weighted by molar-refractivity contribution is -0.139. The van der Waals surface area contributed by atoms with E-state index in [0.29, 0.717) is 0 Å². The molecule has 0 amide bonds. The van der Waals surface area contributed by atoms with E-state index in [1.165, 1.54) is 12.1 Å². The first kappa shape index (κ1) is 12.6. The third kappa shape index (κ3) is 3.59. The number of rotatable bonds is 4. The van der Waals surface area contributed by atoms with Crippen LogP contribution < -0.4 is 4.72 Å². The van der Waals surface area contributed by atoms with Gasteiger partial charge in [-0.05, 0) is 17.7 Å². The van der Waals surface area contributed by atoms with Crippen molar-refractivity contribution in [3.8, 4) is 0 Å². The number of carboxylic acids is 1. The Kier molecular flexibility index (Phi) is 3.61. The maximum Gasteiger partial charge on any atom is 0.326 e. The Bertz CT molecular complexity index is 483. The molecular weight excluding hydrogens is 237 g/mol. The van der Waals surface area contributed by atoms with Gasteiger partial charge < -0.3 is 5.11 Å². The van der Waals surface area contributed by atoms with Crippen LogP contribution >= 0.6 is 0 Å². The fourth-order valence-corrected chi connectivity index (χ4v) is 1.80. The second kappa shape index (κ2) is 4.58. The number of sulfonamides is 1. The molecule has 0 heterocycles. The molecule has 0 spiro atoms. The zero-order valence-electron chi connectivity index (χ0n) is 8.34. The SMILES string of the molecule is CS(=O)(=O)NC(C(=O)O)c1ccc(F)cc1. The Hall–Kier alpha value is -1.47. The van der Waals surface area contributed by atoms with E-state index in [1.807, 2.05) is 4.72 Å². The first-order valence-electron chi connectivity index (χ1n) is 4.25. The second-order valence-electron chi connectivity index (χ2n) is 3.21. The average molecular weight is 247 g/mol. The van der Waals surface area contributed by atoms with Gasteiger partial charge in [0.15, 0.2) is 0 Å². The molecule has 1 unspecified atom stereocenters. The van der Waals surface area contributed by atoms with Crippen LogP contribution in [0.2, 0.25) is 0 Å². The summed E-state index contributed by atoms with van der Waals surface area (Å²) in [6, 6.07) is 3.15. The minimum Gasteiger partial charge on any atom is -0.480 e. The van der Waals surface area contributed by atoms with E-state index in [-0.39, 0.29) is 5.56 Å². The number of halogens is 1. The van der Waals surface area contributed by atoms with Crippen molar-refractivity contribution in [1.82, 2.24) is 4.72 Å². The molecule has 0 radical (unpaired) electrons. The van der Waals surface area contributed by atoms with Gasteiger partial charge in [-0.3, -0.25) is 4.79 Å². The molecule has 0 saturated carbocycles. The van der Waals surface area contributed by atoms with Crippen molar-refractivity contribution in [3.05, 3.63) is 35.6 Å². The van der Waals surface area contributed by atoms with E-state index in [4.69, 9.17) is 5.11 Å². The van der Waals surface area contributed by atoms with Crippen LogP contribution in [-0.4, -0.2) is 25.7 Å². The minimum atomic E-state index is -3.65. The van der Waals surface area contributed by atoms with Crippen LogP contribution in [0.25, 0.3) is 0 Å². The summed E-state index contributed by atoms with van der Waals surface area (Å²) in [6.07, 6.45) is 0.854. The Labute approximate surface area is 92.0 Å². The molecule has 1 aromatic carbocycles. The molecular formula is C9H10FNO4S. The van der Waals surface area contributed by atoms with Gasteiger partial charge in [0.2, 0.25) is 10.0 Å². The summed E-state index contributed by atoms with van der Waals surface area (Å²) in [7, 11) is -3.65. The lowest BCUT2D eigenvalue weighted by Crippen LogP contribution is -2.32. The Morgan fingerprint density at radius 3 is 2.25 bits per heavy atom. The molecule has 2 N–H and O–H groups in total. The molecule has 5 nitrogen and oxygen atoms in total. The van der Waals surface area contributed by atoms with E-state index in [2.05, 4.69) is 0 Å². The monoisotopic (exact) mass is 247 g/mol. The number of carbonyl (C=O) groups is 1. The maximum atomic E-state index is 12.6. The molecule has 0 saturated heterocycles. The van der Waals surface area contributed by atoms with Crippen molar-refractivity contribution < 1.29 is 22.7 Å². The summed E-state index contributed by atoms with van der Waals surface area (Å²) >= 11 is 0. The van der Waals surface area contributed by atoms with Gasteiger partial charge in [0, 0.05) is 0 Å². The number of hydrogen-bond donors (Lipinski definition) is 2. The highest BCUT2D eigenvalue weighted by atomic mass is 32.2. The highest BCUT2D eigenvalue weighted by Gasteiger charge is 2.23. The predicted octanol–water partition coefficient (Wildman–Crippen LogP) is 0.501. The fourth-order valence-electron chi connectivity index (χ4n) is 1.13. The van der Waals surface area contributed by atoms with E-state index in [9.17, 15) is 17.6 Å². The van der Waals surface area contributed by atoms with Crippen LogP contribution in [-0.2, 0) is 14.8 Å².